The maximum atomic E-state index is 2.81. The van der Waals surface area contributed by atoms with E-state index < -0.39 is 0 Å². The molecule has 0 unspecified atom stereocenters. The monoisotopic (exact) mass is 1790 g/mol. The quantitative estimate of drug-likeness (QED) is 0.0593. The molecule has 0 nitrogen and oxygen atoms in total. The summed E-state index contributed by atoms with van der Waals surface area (Å²) < 4.78 is 0. The zero-order valence-electron chi connectivity index (χ0n) is 83.7. The highest BCUT2D eigenvalue weighted by Gasteiger charge is 2.50. The zero-order valence-corrected chi connectivity index (χ0v) is 83.7. The van der Waals surface area contributed by atoms with Crippen molar-refractivity contribution in [3.8, 4) is 167 Å². The Morgan fingerprint density at radius 1 is 0.144 bits per heavy atom. The highest BCUT2D eigenvalue weighted by Crippen LogP contribution is 2.66. The van der Waals surface area contributed by atoms with Crippen LogP contribution in [0.4, 0.5) is 0 Å². The zero-order chi connectivity index (χ0) is 94.7. The number of rotatable bonds is 22. The second-order valence-electron chi connectivity index (χ2n) is 45.5. The van der Waals surface area contributed by atoms with Gasteiger partial charge in [-0.05, 0) is 376 Å². The first-order valence-electron chi connectivity index (χ1n) is 52.4. The first-order valence-corrected chi connectivity index (χ1v) is 52.4. The van der Waals surface area contributed by atoms with E-state index in [1.54, 1.807) is 11.1 Å². The lowest BCUT2D eigenvalue weighted by molar-refractivity contribution is 0.398. The summed E-state index contributed by atoms with van der Waals surface area (Å²) in [5.41, 5.74) is 58.5. The van der Waals surface area contributed by atoms with Crippen LogP contribution in [0.15, 0.2) is 340 Å². The molecule has 7 aliphatic carbocycles. The Kier molecular flexibility index (Phi) is 20.2. The second kappa shape index (κ2) is 32.3. The molecule has 0 N–H and O–H groups in total. The van der Waals surface area contributed by atoms with E-state index in [0.717, 1.165) is 12.8 Å². The molecule has 0 radical (unpaired) electrons. The molecule has 0 saturated heterocycles. The molecule has 25 rings (SSSR count). The Hall–Kier alpha value is -13.5. The van der Waals surface area contributed by atoms with Crippen molar-refractivity contribution < 1.29 is 0 Å². The van der Waals surface area contributed by atoms with Gasteiger partial charge < -0.3 is 0 Å². The first-order chi connectivity index (χ1) is 67.3. The topological polar surface area (TPSA) is 0 Å². The minimum absolute atomic E-state index is 0.0530. The fraction of sp³-hybridized carbons (Fsp3) is 0.252. The number of benzene rings is 18. The van der Waals surface area contributed by atoms with Gasteiger partial charge in [0.05, 0.1) is 0 Å². The van der Waals surface area contributed by atoms with Gasteiger partial charge in [-0.2, -0.15) is 0 Å². The summed E-state index contributed by atoms with van der Waals surface area (Å²) in [6.45, 7) is 34.2. The lowest BCUT2D eigenvalue weighted by atomic mass is 9.69. The van der Waals surface area contributed by atoms with Crippen molar-refractivity contribution >= 4 is 21.5 Å². The van der Waals surface area contributed by atoms with Crippen LogP contribution < -0.4 is 0 Å². The van der Waals surface area contributed by atoms with E-state index in [0.29, 0.717) is 0 Å². The van der Waals surface area contributed by atoms with Gasteiger partial charge in [-0.25, -0.2) is 0 Å². The standard InChI is InChI=1S/C139H126/c1-15-17-19-21-23-33-67-139(68-34-24-22-20-18-16-2)127-83-115-125(137(11,12)129-79-111(99-47-25-27-51-109(99)131(115)129)97-45-37-43-89(71-97)85-39-35-41-87(69-85)91-55-63-105-107-65-59-95(77-123(107)135(7,8)121(105)73-91)93-57-61-103-101-49-29-31-53-117(101)133(3,4)119(103)75-93)81-113(127)114-82-126-116(84-128(114)139)132-110-52-28-26-48-100(110)112(80-130(132)138(126,13)14)98-46-38-44-90(72-98)86-40-36-42-88(70-86)92-56-64-106-108-66-60-96(78-124(108)136(9,10)122(106)74-92)94-58-62-104-102-50-30-32-54-118(102)134(5,6)120(104)76-94/h25-32,35-66,69-84H,15-24,33-34,67-68H2,1-14H3. The second-order valence-corrected chi connectivity index (χ2v) is 45.5. The lowest BCUT2D eigenvalue weighted by Crippen LogP contribution is -2.26. The number of fused-ring (bicyclic) bond motifs is 25. The third kappa shape index (κ3) is 13.3. The molecule has 139 heavy (non-hydrogen) atoms. The third-order valence-corrected chi connectivity index (χ3v) is 35.5. The van der Waals surface area contributed by atoms with Gasteiger partial charge in [0.15, 0.2) is 0 Å². The molecule has 0 atom stereocenters. The Balaban J connectivity index is 0.539. The Labute approximate surface area is 824 Å². The average Bonchev–Trinajstić information content (AvgIpc) is 1.51. The van der Waals surface area contributed by atoms with E-state index in [1.807, 2.05) is 0 Å². The van der Waals surface area contributed by atoms with Crippen LogP contribution in [0, 0.1) is 0 Å². The van der Waals surface area contributed by atoms with E-state index in [-0.39, 0.29) is 37.9 Å². The van der Waals surface area contributed by atoms with Gasteiger partial charge in [0.1, 0.15) is 0 Å². The van der Waals surface area contributed by atoms with Crippen LogP contribution in [0.3, 0.4) is 0 Å². The summed E-state index contributed by atoms with van der Waals surface area (Å²) in [5.74, 6) is 0. The van der Waals surface area contributed by atoms with Gasteiger partial charge in [0, 0.05) is 37.9 Å². The summed E-state index contributed by atoms with van der Waals surface area (Å²) in [6.07, 6.45) is 17.6. The summed E-state index contributed by atoms with van der Waals surface area (Å²) >= 11 is 0. The van der Waals surface area contributed by atoms with E-state index in [9.17, 15) is 0 Å². The van der Waals surface area contributed by atoms with Crippen molar-refractivity contribution in [1.29, 1.82) is 0 Å². The van der Waals surface area contributed by atoms with Gasteiger partial charge >= 0.3 is 0 Å². The molecule has 0 amide bonds. The highest BCUT2D eigenvalue weighted by atomic mass is 14.5. The predicted molar refractivity (Wildman–Crippen MR) is 593 cm³/mol. The van der Waals surface area contributed by atoms with Crippen LogP contribution in [0.5, 0.6) is 0 Å². The van der Waals surface area contributed by atoms with Crippen molar-refractivity contribution in [3.63, 3.8) is 0 Å². The molecule has 0 bridgehead atoms. The van der Waals surface area contributed by atoms with Crippen molar-refractivity contribution in [2.45, 2.75) is 225 Å². The minimum Gasteiger partial charge on any atom is -0.0654 e. The maximum absolute atomic E-state index is 2.81. The van der Waals surface area contributed by atoms with E-state index in [1.165, 1.54) is 332 Å². The Morgan fingerprint density at radius 3 is 0.683 bits per heavy atom. The van der Waals surface area contributed by atoms with Crippen LogP contribution in [0.2, 0.25) is 0 Å². The van der Waals surface area contributed by atoms with Crippen LogP contribution in [0.1, 0.15) is 265 Å². The van der Waals surface area contributed by atoms with Crippen LogP contribution in [0.25, 0.3) is 188 Å². The summed E-state index contributed by atoms with van der Waals surface area (Å²) in [5, 5.41) is 5.32. The summed E-state index contributed by atoms with van der Waals surface area (Å²) in [7, 11) is 0. The smallest absolute Gasteiger partial charge is 0.0215 e. The maximum Gasteiger partial charge on any atom is 0.0215 e. The third-order valence-electron chi connectivity index (χ3n) is 35.5. The van der Waals surface area contributed by atoms with Gasteiger partial charge in [0.25, 0.3) is 0 Å². The molecule has 0 aromatic heterocycles. The molecular formula is C139H126. The van der Waals surface area contributed by atoms with Gasteiger partial charge in [-0.1, -0.05) is 417 Å². The van der Waals surface area contributed by atoms with Gasteiger partial charge in [0.2, 0.25) is 0 Å². The molecule has 7 aliphatic rings. The van der Waals surface area contributed by atoms with Crippen molar-refractivity contribution in [2.24, 2.45) is 0 Å². The van der Waals surface area contributed by atoms with E-state index in [2.05, 4.69) is 437 Å². The lowest BCUT2D eigenvalue weighted by Gasteiger charge is -2.34. The number of hydrogen-bond acceptors (Lipinski definition) is 0. The summed E-state index contributed by atoms with van der Waals surface area (Å²) in [4.78, 5) is 0. The fourth-order valence-corrected chi connectivity index (χ4v) is 27.6. The SMILES string of the molecule is CCCCCCCCC1(CCCCCCCC)c2cc3c(cc2-c2cc4c(cc21)-c1c(cc(-c2cccc(-c5cccc(-c6ccc7c(c6)C(C)(C)c6cc(-c8ccc9c(c8)C(C)(C)c8ccccc8-9)ccc6-7)c5)c2)c2ccccc12)C4(C)C)C(C)(C)c1cc(-c2cccc(-c4cccc(-c5ccc6c(c5)C(C)(C)c5cc(-c7ccc8c(c7)C(C)(C)c7ccccc7-8)ccc5-6)c4)c2)c2ccccc2c1-3. The molecule has 18 aromatic rings. The van der Waals surface area contributed by atoms with Crippen molar-refractivity contribution in [2.75, 3.05) is 0 Å². The Bertz CT molecular complexity index is 7720. The molecule has 0 heterocycles. The van der Waals surface area contributed by atoms with E-state index >= 15 is 0 Å². The molecular weight excluding hydrogens is 1670 g/mol. The van der Waals surface area contributed by atoms with Gasteiger partial charge in [-0.3, -0.25) is 0 Å². The number of hydrogen-bond donors (Lipinski definition) is 0. The largest absolute Gasteiger partial charge is 0.0654 e. The molecule has 0 heteroatoms. The highest BCUT2D eigenvalue weighted by molar-refractivity contribution is 6.13. The molecule has 0 aliphatic heterocycles. The summed E-state index contributed by atoms with van der Waals surface area (Å²) in [6, 6.07) is 134. The minimum atomic E-state index is -0.298. The van der Waals surface area contributed by atoms with Crippen LogP contribution in [-0.2, 0) is 37.9 Å². The first kappa shape index (κ1) is 87.0. The number of unbranched alkanes of at least 4 members (excludes halogenated alkanes) is 10. The van der Waals surface area contributed by atoms with Gasteiger partial charge in [-0.15, -0.1) is 0 Å². The predicted octanol–water partition coefficient (Wildman–Crippen LogP) is 38.9. The molecule has 0 saturated carbocycles. The molecule has 0 spiro atoms. The van der Waals surface area contributed by atoms with E-state index in [4.69, 9.17) is 0 Å². The average molecular weight is 1800 g/mol. The van der Waals surface area contributed by atoms with Crippen LogP contribution in [-0.4, -0.2) is 0 Å². The normalized spacial score (nSPS) is 15.8. The van der Waals surface area contributed by atoms with Crippen molar-refractivity contribution in [1.82, 2.24) is 0 Å². The molecule has 0 fully saturated rings. The Morgan fingerprint density at radius 2 is 0.367 bits per heavy atom. The fourth-order valence-electron chi connectivity index (χ4n) is 27.6. The molecule has 18 aromatic carbocycles. The van der Waals surface area contributed by atoms with Crippen molar-refractivity contribution in [3.05, 3.63) is 418 Å². The molecule has 682 valence electrons. The van der Waals surface area contributed by atoms with Crippen LogP contribution >= 0.6 is 0 Å².